The van der Waals surface area contributed by atoms with E-state index in [2.05, 4.69) is 0 Å². The summed E-state index contributed by atoms with van der Waals surface area (Å²) in [5.41, 5.74) is 6.53. The van der Waals surface area contributed by atoms with E-state index in [0.717, 1.165) is 0 Å². The maximum absolute atomic E-state index is 14.1. The molecule has 2 N–H and O–H groups in total. The summed E-state index contributed by atoms with van der Waals surface area (Å²) in [4.78, 5) is 13.8. The lowest BCUT2D eigenvalue weighted by Crippen LogP contribution is -2.36. The number of nitrogens with zero attached hydrogens (tertiary/aromatic N) is 1. The van der Waals surface area contributed by atoms with Crippen LogP contribution in [-0.4, -0.2) is 30.2 Å². The van der Waals surface area contributed by atoms with Gasteiger partial charge in [0.15, 0.2) is 0 Å². The summed E-state index contributed by atoms with van der Waals surface area (Å²) in [6.07, 6.45) is 0.0370. The fourth-order valence-electron chi connectivity index (χ4n) is 2.56. The molecule has 0 aromatic heterocycles. The average molecular weight is 310 g/mol. The zero-order valence-corrected chi connectivity index (χ0v) is 13.5. The van der Waals surface area contributed by atoms with Crippen molar-refractivity contribution < 1.29 is 18.7 Å². The second-order valence-electron chi connectivity index (χ2n) is 6.44. The van der Waals surface area contributed by atoms with Crippen molar-refractivity contribution in [3.05, 3.63) is 29.1 Å². The number of nitrogens with two attached hydrogens (primary N) is 1. The average Bonchev–Trinajstić information content (AvgIpc) is 2.58. The molecule has 2 rings (SSSR count). The number of benzene rings is 1. The molecule has 0 saturated carbocycles. The number of ether oxygens (including phenoxy) is 2. The van der Waals surface area contributed by atoms with E-state index in [0.29, 0.717) is 29.8 Å². The summed E-state index contributed by atoms with van der Waals surface area (Å²) in [6.45, 7) is 6.06. The van der Waals surface area contributed by atoms with Gasteiger partial charge in [-0.2, -0.15) is 0 Å². The number of hydrogen-bond donors (Lipinski definition) is 1. The van der Waals surface area contributed by atoms with E-state index in [1.165, 1.54) is 13.2 Å². The van der Waals surface area contributed by atoms with Gasteiger partial charge in [-0.25, -0.2) is 9.18 Å². The third kappa shape index (κ3) is 3.50. The van der Waals surface area contributed by atoms with Crippen molar-refractivity contribution in [1.82, 2.24) is 4.90 Å². The SMILES string of the molecule is COc1ccc(F)c2c1CN(C(=O)OC(C)(C)C)CC[C@H]2N. The summed E-state index contributed by atoms with van der Waals surface area (Å²) in [7, 11) is 1.52. The van der Waals surface area contributed by atoms with E-state index >= 15 is 0 Å². The maximum atomic E-state index is 14.1. The number of hydrogen-bond acceptors (Lipinski definition) is 4. The van der Waals surface area contributed by atoms with E-state index in [-0.39, 0.29) is 12.4 Å². The fraction of sp³-hybridized carbons (Fsp3) is 0.562. The Labute approximate surface area is 130 Å². The minimum Gasteiger partial charge on any atom is -0.496 e. The molecular formula is C16H23FN2O3. The highest BCUT2D eigenvalue weighted by atomic mass is 19.1. The van der Waals surface area contributed by atoms with Crippen molar-refractivity contribution in [3.63, 3.8) is 0 Å². The minimum atomic E-state index is -0.583. The Hall–Kier alpha value is -1.82. The first-order chi connectivity index (χ1) is 10.2. The van der Waals surface area contributed by atoms with Crippen LogP contribution >= 0.6 is 0 Å². The molecule has 0 aliphatic carbocycles. The molecule has 22 heavy (non-hydrogen) atoms. The van der Waals surface area contributed by atoms with Crippen molar-refractivity contribution in [2.45, 2.75) is 45.4 Å². The van der Waals surface area contributed by atoms with Gasteiger partial charge in [0, 0.05) is 23.7 Å². The lowest BCUT2D eigenvalue weighted by Gasteiger charge is -2.27. The van der Waals surface area contributed by atoms with E-state index in [9.17, 15) is 9.18 Å². The maximum Gasteiger partial charge on any atom is 0.410 e. The summed E-state index contributed by atoms with van der Waals surface area (Å²) in [5, 5.41) is 0. The zero-order valence-electron chi connectivity index (χ0n) is 13.5. The molecule has 1 amide bonds. The van der Waals surface area contributed by atoms with Crippen LogP contribution in [0.3, 0.4) is 0 Å². The van der Waals surface area contributed by atoms with Gasteiger partial charge < -0.3 is 20.1 Å². The molecule has 1 aromatic carbocycles. The monoisotopic (exact) mass is 310 g/mol. The number of methoxy groups -OCH3 is 1. The number of amides is 1. The topological polar surface area (TPSA) is 64.8 Å². The Kier molecular flexibility index (Phi) is 4.60. The Bertz CT molecular complexity index is 569. The van der Waals surface area contributed by atoms with Gasteiger partial charge in [0.1, 0.15) is 17.2 Å². The molecule has 0 spiro atoms. The molecule has 0 saturated heterocycles. The molecule has 0 radical (unpaired) electrons. The van der Waals surface area contributed by atoms with Crippen LogP contribution in [0.1, 0.15) is 44.4 Å². The molecule has 122 valence electrons. The van der Waals surface area contributed by atoms with E-state index in [1.54, 1.807) is 11.0 Å². The van der Waals surface area contributed by atoms with E-state index < -0.39 is 17.7 Å². The minimum absolute atomic E-state index is 0.221. The highest BCUT2D eigenvalue weighted by Gasteiger charge is 2.30. The van der Waals surface area contributed by atoms with Crippen LogP contribution in [0.5, 0.6) is 5.75 Å². The third-order valence-corrected chi connectivity index (χ3v) is 3.56. The summed E-state index contributed by atoms with van der Waals surface area (Å²) in [6, 6.07) is 2.43. The second kappa shape index (κ2) is 6.12. The molecule has 6 heteroatoms. The first kappa shape index (κ1) is 16.5. The summed E-state index contributed by atoms with van der Waals surface area (Å²) < 4.78 is 24.8. The van der Waals surface area contributed by atoms with Crippen molar-refractivity contribution in [3.8, 4) is 5.75 Å². The summed E-state index contributed by atoms with van der Waals surface area (Å²) in [5.74, 6) is 0.164. The molecular weight excluding hydrogens is 287 g/mol. The van der Waals surface area contributed by atoms with Gasteiger partial charge >= 0.3 is 6.09 Å². The highest BCUT2D eigenvalue weighted by Crippen LogP contribution is 2.34. The second-order valence-corrected chi connectivity index (χ2v) is 6.44. The molecule has 1 aliphatic rings. The third-order valence-electron chi connectivity index (χ3n) is 3.56. The van der Waals surface area contributed by atoms with Crippen LogP contribution in [0.15, 0.2) is 12.1 Å². The molecule has 5 nitrogen and oxygen atoms in total. The molecule has 0 fully saturated rings. The first-order valence-corrected chi connectivity index (χ1v) is 7.31. The van der Waals surface area contributed by atoms with Crippen LogP contribution in [0.25, 0.3) is 0 Å². The molecule has 1 aromatic rings. The Morgan fingerprint density at radius 3 is 2.68 bits per heavy atom. The van der Waals surface area contributed by atoms with Crippen LogP contribution in [0.4, 0.5) is 9.18 Å². The smallest absolute Gasteiger partial charge is 0.410 e. The lowest BCUT2D eigenvalue weighted by molar-refractivity contribution is 0.0234. The normalized spacial score (nSPS) is 18.5. The number of carbonyl (C=O) groups excluding carboxylic acids is 1. The number of halogens is 1. The van der Waals surface area contributed by atoms with Crippen LogP contribution in [0.2, 0.25) is 0 Å². The van der Waals surface area contributed by atoms with Crippen molar-refractivity contribution in [2.75, 3.05) is 13.7 Å². The van der Waals surface area contributed by atoms with E-state index in [4.69, 9.17) is 15.2 Å². The van der Waals surface area contributed by atoms with Crippen LogP contribution < -0.4 is 10.5 Å². The Balaban J connectivity index is 2.35. The van der Waals surface area contributed by atoms with Gasteiger partial charge in [-0.15, -0.1) is 0 Å². The number of fused-ring (bicyclic) bond motifs is 1. The molecule has 0 bridgehead atoms. The van der Waals surface area contributed by atoms with Gasteiger partial charge in [0.2, 0.25) is 0 Å². The van der Waals surface area contributed by atoms with Crippen molar-refractivity contribution >= 4 is 6.09 Å². The zero-order chi connectivity index (χ0) is 16.5. The standard InChI is InChI=1S/C16H23FN2O3/c1-16(2,3)22-15(20)19-8-7-12(18)14-10(9-19)13(21-4)6-5-11(14)17/h5-6,12H,7-9,18H2,1-4H3/t12-/m1/s1. The number of carbonyl (C=O) groups is 1. The Morgan fingerprint density at radius 2 is 2.09 bits per heavy atom. The predicted octanol–water partition coefficient (Wildman–Crippen LogP) is 2.97. The van der Waals surface area contributed by atoms with Gasteiger partial charge in [-0.05, 0) is 39.3 Å². The molecule has 1 atom stereocenters. The van der Waals surface area contributed by atoms with Crippen molar-refractivity contribution in [1.29, 1.82) is 0 Å². The fourth-order valence-corrected chi connectivity index (χ4v) is 2.56. The van der Waals surface area contributed by atoms with Gasteiger partial charge in [0.25, 0.3) is 0 Å². The van der Waals surface area contributed by atoms with Gasteiger partial charge in [-0.3, -0.25) is 0 Å². The molecule has 1 heterocycles. The Morgan fingerprint density at radius 1 is 1.41 bits per heavy atom. The van der Waals surface area contributed by atoms with E-state index in [1.807, 2.05) is 20.8 Å². The van der Waals surface area contributed by atoms with Crippen LogP contribution in [-0.2, 0) is 11.3 Å². The van der Waals surface area contributed by atoms with Gasteiger partial charge in [-0.1, -0.05) is 0 Å². The first-order valence-electron chi connectivity index (χ1n) is 7.31. The molecule has 1 aliphatic heterocycles. The largest absolute Gasteiger partial charge is 0.496 e. The van der Waals surface area contributed by atoms with Crippen LogP contribution in [0, 0.1) is 5.82 Å². The predicted molar refractivity (Wildman–Crippen MR) is 81.1 cm³/mol. The molecule has 0 unspecified atom stereocenters. The highest BCUT2D eigenvalue weighted by molar-refractivity contribution is 5.68. The van der Waals surface area contributed by atoms with Gasteiger partial charge in [0.05, 0.1) is 13.7 Å². The van der Waals surface area contributed by atoms with Crippen molar-refractivity contribution in [2.24, 2.45) is 5.73 Å². The lowest BCUT2D eigenvalue weighted by atomic mass is 9.98. The number of rotatable bonds is 1. The quantitative estimate of drug-likeness (QED) is 0.866. The summed E-state index contributed by atoms with van der Waals surface area (Å²) >= 11 is 0.